The van der Waals surface area contributed by atoms with E-state index in [1.165, 1.54) is 60.5 Å². The van der Waals surface area contributed by atoms with E-state index in [9.17, 15) is 34.7 Å². The molecule has 3 aromatic carbocycles. The summed E-state index contributed by atoms with van der Waals surface area (Å²) in [6.45, 7) is 0. The number of hydrogen-bond donors (Lipinski definition) is 2. The number of ketones is 1. The maximum atomic E-state index is 13.2. The van der Waals surface area contributed by atoms with Gasteiger partial charge < -0.3 is 14.9 Å². The number of esters is 1. The first-order chi connectivity index (χ1) is 17.2. The molecular formula is C26H20N2O8. The van der Waals surface area contributed by atoms with Crippen molar-refractivity contribution in [2.24, 2.45) is 0 Å². The quantitative estimate of drug-likeness (QED) is 0.133. The van der Waals surface area contributed by atoms with Gasteiger partial charge in [-0.1, -0.05) is 24.3 Å². The van der Waals surface area contributed by atoms with Gasteiger partial charge in [-0.25, -0.2) is 0 Å². The number of nitro benzene ring substituents is 1. The second-order valence-corrected chi connectivity index (χ2v) is 7.98. The fourth-order valence-corrected chi connectivity index (χ4v) is 3.98. The second kappa shape index (κ2) is 9.71. The van der Waals surface area contributed by atoms with E-state index in [1.54, 1.807) is 24.3 Å². The molecule has 10 nitrogen and oxygen atoms in total. The predicted molar refractivity (Wildman–Crippen MR) is 128 cm³/mol. The molecule has 1 saturated heterocycles. The number of ether oxygens (including phenoxy) is 1. The van der Waals surface area contributed by atoms with Crippen LogP contribution in [0.5, 0.6) is 5.75 Å². The lowest BCUT2D eigenvalue weighted by atomic mass is 9.95. The third-order valence-electron chi connectivity index (χ3n) is 5.80. The molecule has 1 aliphatic rings. The molecule has 4 rings (SSSR count). The molecule has 36 heavy (non-hydrogen) atoms. The van der Waals surface area contributed by atoms with Crippen LogP contribution in [0.3, 0.4) is 0 Å². The van der Waals surface area contributed by atoms with Crippen LogP contribution in [0.25, 0.3) is 5.76 Å². The molecule has 182 valence electrons. The lowest BCUT2D eigenvalue weighted by Gasteiger charge is -2.25. The Labute approximate surface area is 204 Å². The van der Waals surface area contributed by atoms with Crippen molar-refractivity contribution in [3.8, 4) is 5.75 Å². The molecular weight excluding hydrogens is 468 g/mol. The van der Waals surface area contributed by atoms with Crippen LogP contribution in [0.4, 0.5) is 11.4 Å². The van der Waals surface area contributed by atoms with Crippen LogP contribution in [-0.4, -0.2) is 39.9 Å². The van der Waals surface area contributed by atoms with Gasteiger partial charge in [-0.15, -0.1) is 0 Å². The molecule has 1 aliphatic heterocycles. The summed E-state index contributed by atoms with van der Waals surface area (Å²) in [6.07, 6.45) is 0.0249. The number of phenolic OH excluding ortho intramolecular Hbond substituents is 1. The highest BCUT2D eigenvalue weighted by atomic mass is 16.6. The standard InChI is InChI=1S/C26H20N2O8/c1-36-21(30)14-15-2-8-18(9-3-15)27-23(16-6-12-20(29)13-7-16)22(25(32)26(27)33)24(31)17-4-10-19(11-5-17)28(34)35/h2-13,23,29,31H,14H2,1H3/b24-22-. The van der Waals surface area contributed by atoms with Gasteiger partial charge in [-0.3, -0.25) is 29.4 Å². The number of Topliss-reactive ketones (excluding diaryl/α,β-unsaturated/α-hetero) is 1. The number of carbonyl (C=O) groups excluding carboxylic acids is 3. The summed E-state index contributed by atoms with van der Waals surface area (Å²) in [5.41, 5.74) is 1.12. The van der Waals surface area contributed by atoms with Crippen molar-refractivity contribution >= 4 is 34.8 Å². The maximum Gasteiger partial charge on any atom is 0.309 e. The minimum atomic E-state index is -1.05. The fourth-order valence-electron chi connectivity index (χ4n) is 3.98. The molecule has 0 spiro atoms. The monoisotopic (exact) mass is 488 g/mol. The Balaban J connectivity index is 1.83. The highest BCUT2D eigenvalue weighted by Gasteiger charge is 2.47. The van der Waals surface area contributed by atoms with E-state index in [0.717, 1.165) is 0 Å². The number of amides is 1. The molecule has 0 saturated carbocycles. The number of carbonyl (C=O) groups is 3. The molecule has 1 fully saturated rings. The SMILES string of the molecule is COC(=O)Cc1ccc(N2C(=O)C(=O)/C(=C(\O)c3ccc([N+](=O)[O-])cc3)C2c2ccc(O)cc2)cc1. The number of anilines is 1. The number of non-ortho nitro benzene ring substituents is 1. The van der Waals surface area contributed by atoms with Crippen LogP contribution in [0.15, 0.2) is 78.4 Å². The number of benzene rings is 3. The smallest absolute Gasteiger partial charge is 0.309 e. The summed E-state index contributed by atoms with van der Waals surface area (Å²) in [4.78, 5) is 49.5. The third kappa shape index (κ3) is 4.51. The number of hydrogen-bond acceptors (Lipinski definition) is 8. The fraction of sp³-hybridized carbons (Fsp3) is 0.115. The van der Waals surface area contributed by atoms with Gasteiger partial charge in [0.1, 0.15) is 11.5 Å². The van der Waals surface area contributed by atoms with E-state index in [2.05, 4.69) is 4.74 Å². The van der Waals surface area contributed by atoms with Crippen LogP contribution in [-0.2, 0) is 25.5 Å². The van der Waals surface area contributed by atoms with E-state index in [4.69, 9.17) is 0 Å². The van der Waals surface area contributed by atoms with Gasteiger partial charge in [0.25, 0.3) is 17.4 Å². The van der Waals surface area contributed by atoms with Crippen molar-refractivity contribution in [3.63, 3.8) is 0 Å². The molecule has 10 heteroatoms. The molecule has 1 unspecified atom stereocenters. The maximum absolute atomic E-state index is 13.2. The van der Waals surface area contributed by atoms with Crippen molar-refractivity contribution in [1.29, 1.82) is 0 Å². The zero-order valence-corrected chi connectivity index (χ0v) is 19.0. The van der Waals surface area contributed by atoms with Crippen molar-refractivity contribution < 1.29 is 34.3 Å². The zero-order chi connectivity index (χ0) is 26.0. The van der Waals surface area contributed by atoms with E-state index in [1.807, 2.05) is 0 Å². The van der Waals surface area contributed by atoms with Gasteiger partial charge in [0.2, 0.25) is 0 Å². The Bertz CT molecular complexity index is 1380. The molecule has 1 atom stereocenters. The average molecular weight is 488 g/mol. The Morgan fingerprint density at radius 3 is 2.17 bits per heavy atom. The van der Waals surface area contributed by atoms with Crippen LogP contribution in [0.1, 0.15) is 22.7 Å². The number of aliphatic hydroxyl groups is 1. The van der Waals surface area contributed by atoms with Crippen LogP contribution < -0.4 is 4.90 Å². The first-order valence-electron chi connectivity index (χ1n) is 10.7. The summed E-state index contributed by atoms with van der Waals surface area (Å²) < 4.78 is 4.66. The number of aromatic hydroxyl groups is 1. The minimum Gasteiger partial charge on any atom is -0.508 e. The topological polar surface area (TPSA) is 147 Å². The number of rotatable bonds is 6. The molecule has 1 amide bonds. The molecule has 0 radical (unpaired) electrons. The van der Waals surface area contributed by atoms with E-state index in [-0.39, 0.29) is 29.0 Å². The van der Waals surface area contributed by atoms with Crippen molar-refractivity contribution in [3.05, 3.63) is 105 Å². The van der Waals surface area contributed by atoms with Crippen molar-refractivity contribution in [2.75, 3.05) is 12.0 Å². The van der Waals surface area contributed by atoms with E-state index < -0.39 is 34.4 Å². The van der Waals surface area contributed by atoms with Gasteiger partial charge in [-0.05, 0) is 47.5 Å². The highest BCUT2D eigenvalue weighted by molar-refractivity contribution is 6.51. The van der Waals surface area contributed by atoms with Gasteiger partial charge in [0.15, 0.2) is 0 Å². The van der Waals surface area contributed by atoms with Crippen LogP contribution >= 0.6 is 0 Å². The lowest BCUT2D eigenvalue weighted by molar-refractivity contribution is -0.384. The summed E-state index contributed by atoms with van der Waals surface area (Å²) in [5, 5.41) is 31.8. The molecule has 0 aromatic heterocycles. The second-order valence-electron chi connectivity index (χ2n) is 7.98. The minimum absolute atomic E-state index is 0.0249. The third-order valence-corrected chi connectivity index (χ3v) is 5.80. The Morgan fingerprint density at radius 1 is 1.00 bits per heavy atom. The summed E-state index contributed by atoms with van der Waals surface area (Å²) in [6, 6.07) is 16.1. The molecule has 3 aromatic rings. The first kappa shape index (κ1) is 24.1. The number of nitro groups is 1. The van der Waals surface area contributed by atoms with Crippen molar-refractivity contribution in [1.82, 2.24) is 0 Å². The lowest BCUT2D eigenvalue weighted by Crippen LogP contribution is -2.29. The highest BCUT2D eigenvalue weighted by Crippen LogP contribution is 2.42. The molecule has 1 heterocycles. The largest absolute Gasteiger partial charge is 0.508 e. The summed E-state index contributed by atoms with van der Waals surface area (Å²) in [7, 11) is 1.28. The molecule has 0 bridgehead atoms. The van der Waals surface area contributed by atoms with Gasteiger partial charge >= 0.3 is 5.97 Å². The molecule has 0 aliphatic carbocycles. The molecule has 2 N–H and O–H groups in total. The van der Waals surface area contributed by atoms with Crippen molar-refractivity contribution in [2.45, 2.75) is 12.5 Å². The van der Waals surface area contributed by atoms with E-state index in [0.29, 0.717) is 16.8 Å². The van der Waals surface area contributed by atoms with Crippen LogP contribution in [0, 0.1) is 10.1 Å². The Hall–Kier alpha value is -4.99. The van der Waals surface area contributed by atoms with Gasteiger partial charge in [0.05, 0.1) is 30.1 Å². The Kier molecular flexibility index (Phi) is 6.51. The van der Waals surface area contributed by atoms with Gasteiger partial charge in [-0.2, -0.15) is 0 Å². The number of methoxy groups -OCH3 is 1. The van der Waals surface area contributed by atoms with E-state index >= 15 is 0 Å². The Morgan fingerprint density at radius 2 is 1.61 bits per heavy atom. The predicted octanol–water partition coefficient (Wildman–Crippen LogP) is 3.64. The zero-order valence-electron chi connectivity index (χ0n) is 19.0. The summed E-state index contributed by atoms with van der Waals surface area (Å²) >= 11 is 0. The first-order valence-corrected chi connectivity index (χ1v) is 10.7. The number of phenols is 1. The van der Waals surface area contributed by atoms with Crippen LogP contribution in [0.2, 0.25) is 0 Å². The average Bonchev–Trinajstić information content (AvgIpc) is 3.14. The normalized spacial score (nSPS) is 16.7. The number of aliphatic hydroxyl groups excluding tert-OH is 1. The number of nitrogens with zero attached hydrogens (tertiary/aromatic N) is 2. The van der Waals surface area contributed by atoms with Gasteiger partial charge in [0, 0.05) is 23.4 Å². The summed E-state index contributed by atoms with van der Waals surface area (Å²) in [5.74, 6) is -2.79.